The fourth-order valence-electron chi connectivity index (χ4n) is 2.62. The lowest BCUT2D eigenvalue weighted by Gasteiger charge is -2.22. The van der Waals surface area contributed by atoms with E-state index < -0.39 is 4.92 Å². The Morgan fingerprint density at radius 2 is 1.81 bits per heavy atom. The molecule has 7 heteroatoms. The van der Waals surface area contributed by atoms with Gasteiger partial charge in [-0.05, 0) is 18.1 Å². The van der Waals surface area contributed by atoms with Gasteiger partial charge in [-0.2, -0.15) is 0 Å². The summed E-state index contributed by atoms with van der Waals surface area (Å²) in [5, 5.41) is 13.6. The molecular weight excluding hydrogens is 350 g/mol. The molecule has 3 rings (SSSR count). The molecule has 0 N–H and O–H groups in total. The van der Waals surface area contributed by atoms with Gasteiger partial charge in [0.2, 0.25) is 0 Å². The molecule has 1 heterocycles. The van der Waals surface area contributed by atoms with Gasteiger partial charge in [0.1, 0.15) is 5.69 Å². The zero-order valence-electron chi connectivity index (χ0n) is 14.2. The van der Waals surface area contributed by atoms with E-state index in [9.17, 15) is 14.9 Å². The standard InChI is InChI=1S/C19H17N3O3S/c1-14-20-18(13-26-14)19(23)21(11-15-6-3-2-4-7-15)12-16-8-5-9-17(10-16)22(24)25/h2-10,13H,11-12H2,1H3. The van der Waals surface area contributed by atoms with Gasteiger partial charge in [0.15, 0.2) is 0 Å². The molecule has 1 amide bonds. The Kier molecular flexibility index (Phi) is 5.38. The second-order valence-electron chi connectivity index (χ2n) is 5.83. The highest BCUT2D eigenvalue weighted by Gasteiger charge is 2.20. The molecule has 0 saturated heterocycles. The summed E-state index contributed by atoms with van der Waals surface area (Å²) in [5.74, 6) is -0.190. The Balaban J connectivity index is 1.88. The maximum absolute atomic E-state index is 12.9. The van der Waals surface area contributed by atoms with Crippen molar-refractivity contribution in [2.24, 2.45) is 0 Å². The van der Waals surface area contributed by atoms with Crippen molar-refractivity contribution in [3.05, 3.63) is 91.9 Å². The van der Waals surface area contributed by atoms with Gasteiger partial charge >= 0.3 is 0 Å². The lowest BCUT2D eigenvalue weighted by atomic mass is 10.1. The first-order valence-corrected chi connectivity index (χ1v) is 8.89. The third-order valence-electron chi connectivity index (χ3n) is 3.84. The summed E-state index contributed by atoms with van der Waals surface area (Å²) >= 11 is 1.42. The first-order valence-electron chi connectivity index (χ1n) is 8.01. The molecule has 3 aromatic rings. The number of rotatable bonds is 6. The van der Waals surface area contributed by atoms with Crippen molar-refractivity contribution in [3.63, 3.8) is 0 Å². The second kappa shape index (κ2) is 7.88. The molecule has 0 saturated carbocycles. The van der Waals surface area contributed by atoms with E-state index in [4.69, 9.17) is 0 Å². The van der Waals surface area contributed by atoms with E-state index in [1.165, 1.54) is 23.5 Å². The Morgan fingerprint density at radius 1 is 1.12 bits per heavy atom. The number of amides is 1. The molecule has 2 aromatic carbocycles. The molecular formula is C19H17N3O3S. The average Bonchev–Trinajstić information content (AvgIpc) is 3.08. The largest absolute Gasteiger partial charge is 0.329 e. The third kappa shape index (κ3) is 4.31. The summed E-state index contributed by atoms with van der Waals surface area (Å²) in [5.41, 5.74) is 2.10. The van der Waals surface area contributed by atoms with E-state index in [1.54, 1.807) is 22.4 Å². The van der Waals surface area contributed by atoms with Gasteiger partial charge in [-0.15, -0.1) is 11.3 Å². The van der Waals surface area contributed by atoms with Gasteiger partial charge in [-0.3, -0.25) is 14.9 Å². The normalized spacial score (nSPS) is 10.5. The number of hydrogen-bond donors (Lipinski definition) is 0. The maximum atomic E-state index is 12.9. The van der Waals surface area contributed by atoms with Crippen LogP contribution in [0.3, 0.4) is 0 Å². The zero-order valence-corrected chi connectivity index (χ0v) is 15.0. The number of aryl methyl sites for hydroxylation is 1. The van der Waals surface area contributed by atoms with Crippen LogP contribution in [0.2, 0.25) is 0 Å². The minimum Gasteiger partial charge on any atom is -0.329 e. The molecule has 0 aliphatic heterocycles. The van der Waals surface area contributed by atoms with Crippen molar-refractivity contribution in [1.29, 1.82) is 0 Å². The minimum atomic E-state index is -0.434. The van der Waals surface area contributed by atoms with Crippen LogP contribution in [0, 0.1) is 17.0 Å². The highest BCUT2D eigenvalue weighted by molar-refractivity contribution is 7.09. The molecule has 0 unspecified atom stereocenters. The summed E-state index contributed by atoms with van der Waals surface area (Å²) in [6.45, 7) is 2.52. The predicted octanol–water partition coefficient (Wildman–Crippen LogP) is 4.20. The van der Waals surface area contributed by atoms with Crippen molar-refractivity contribution in [1.82, 2.24) is 9.88 Å². The van der Waals surface area contributed by atoms with Crippen LogP contribution in [0.5, 0.6) is 0 Å². The topological polar surface area (TPSA) is 76.3 Å². The smallest absolute Gasteiger partial charge is 0.273 e. The Labute approximate surface area is 154 Å². The van der Waals surface area contributed by atoms with Gasteiger partial charge in [-0.25, -0.2) is 4.98 Å². The Bertz CT molecular complexity index is 925. The maximum Gasteiger partial charge on any atom is 0.273 e. The van der Waals surface area contributed by atoms with Crippen molar-refractivity contribution in [3.8, 4) is 0 Å². The number of non-ortho nitro benzene ring substituents is 1. The fourth-order valence-corrected chi connectivity index (χ4v) is 3.20. The van der Waals surface area contributed by atoms with Crippen LogP contribution in [0.25, 0.3) is 0 Å². The van der Waals surface area contributed by atoms with Crippen LogP contribution < -0.4 is 0 Å². The number of thiazole rings is 1. The van der Waals surface area contributed by atoms with E-state index in [2.05, 4.69) is 4.98 Å². The molecule has 0 bridgehead atoms. The lowest BCUT2D eigenvalue weighted by Crippen LogP contribution is -2.30. The lowest BCUT2D eigenvalue weighted by molar-refractivity contribution is -0.384. The molecule has 0 atom stereocenters. The van der Waals surface area contributed by atoms with Gasteiger partial charge in [0.05, 0.1) is 9.93 Å². The van der Waals surface area contributed by atoms with E-state index >= 15 is 0 Å². The van der Waals surface area contributed by atoms with Crippen LogP contribution in [-0.4, -0.2) is 20.7 Å². The SMILES string of the molecule is Cc1nc(C(=O)N(Cc2ccccc2)Cc2cccc([N+](=O)[O-])c2)cs1. The number of aromatic nitrogens is 1. The quantitative estimate of drug-likeness (QED) is 0.483. The number of carbonyl (C=O) groups excluding carboxylic acids is 1. The number of nitrogens with zero attached hydrogens (tertiary/aromatic N) is 3. The van der Waals surface area contributed by atoms with Crippen molar-refractivity contribution in [2.75, 3.05) is 0 Å². The fraction of sp³-hybridized carbons (Fsp3) is 0.158. The molecule has 0 fully saturated rings. The third-order valence-corrected chi connectivity index (χ3v) is 4.61. The highest BCUT2D eigenvalue weighted by Crippen LogP contribution is 2.19. The van der Waals surface area contributed by atoms with Gasteiger partial charge in [-0.1, -0.05) is 42.5 Å². The number of hydrogen-bond acceptors (Lipinski definition) is 5. The van der Waals surface area contributed by atoms with Crippen LogP contribution in [0.1, 0.15) is 26.6 Å². The molecule has 0 radical (unpaired) electrons. The van der Waals surface area contributed by atoms with Crippen LogP contribution in [0.4, 0.5) is 5.69 Å². The highest BCUT2D eigenvalue weighted by atomic mass is 32.1. The first kappa shape index (κ1) is 17.8. The zero-order chi connectivity index (χ0) is 18.5. The molecule has 132 valence electrons. The number of benzene rings is 2. The molecule has 0 spiro atoms. The van der Waals surface area contributed by atoms with Gasteiger partial charge < -0.3 is 4.90 Å². The molecule has 26 heavy (non-hydrogen) atoms. The summed E-state index contributed by atoms with van der Waals surface area (Å²) < 4.78 is 0. The van der Waals surface area contributed by atoms with E-state index in [1.807, 2.05) is 37.3 Å². The number of nitro benzene ring substituents is 1. The van der Waals surface area contributed by atoms with Crippen molar-refractivity contribution >= 4 is 22.9 Å². The predicted molar refractivity (Wildman–Crippen MR) is 100.0 cm³/mol. The van der Waals surface area contributed by atoms with Crippen LogP contribution in [0.15, 0.2) is 60.0 Å². The number of nitro groups is 1. The Morgan fingerprint density at radius 3 is 2.46 bits per heavy atom. The van der Waals surface area contributed by atoms with Gasteiger partial charge in [0.25, 0.3) is 11.6 Å². The van der Waals surface area contributed by atoms with Crippen molar-refractivity contribution in [2.45, 2.75) is 20.0 Å². The molecule has 1 aromatic heterocycles. The molecule has 6 nitrogen and oxygen atoms in total. The minimum absolute atomic E-state index is 0.0131. The number of carbonyl (C=O) groups is 1. The average molecular weight is 367 g/mol. The molecule has 0 aliphatic rings. The monoisotopic (exact) mass is 367 g/mol. The summed E-state index contributed by atoms with van der Waals surface area (Å²) in [6, 6.07) is 16.0. The summed E-state index contributed by atoms with van der Waals surface area (Å²) in [4.78, 5) is 29.4. The van der Waals surface area contributed by atoms with Crippen molar-refractivity contribution < 1.29 is 9.72 Å². The Hall–Kier alpha value is -3.06. The van der Waals surface area contributed by atoms with E-state index in [0.29, 0.717) is 17.8 Å². The second-order valence-corrected chi connectivity index (χ2v) is 6.89. The van der Waals surface area contributed by atoms with E-state index in [0.717, 1.165) is 10.6 Å². The first-order chi connectivity index (χ1) is 12.5. The van der Waals surface area contributed by atoms with Gasteiger partial charge in [0, 0.05) is 30.6 Å². The van der Waals surface area contributed by atoms with Crippen LogP contribution >= 0.6 is 11.3 Å². The van der Waals surface area contributed by atoms with Crippen LogP contribution in [-0.2, 0) is 13.1 Å². The summed E-state index contributed by atoms with van der Waals surface area (Å²) in [7, 11) is 0. The van der Waals surface area contributed by atoms with E-state index in [-0.39, 0.29) is 18.1 Å². The molecule has 0 aliphatic carbocycles. The summed E-state index contributed by atoms with van der Waals surface area (Å²) in [6.07, 6.45) is 0.